The molecule has 0 radical (unpaired) electrons. The summed E-state index contributed by atoms with van der Waals surface area (Å²) in [6.45, 7) is 4.80. The van der Waals surface area contributed by atoms with E-state index in [1.807, 2.05) is 19.9 Å². The lowest BCUT2D eigenvalue weighted by Crippen LogP contribution is -2.33. The van der Waals surface area contributed by atoms with Gasteiger partial charge in [-0.2, -0.15) is 0 Å². The molecule has 6 heteroatoms. The van der Waals surface area contributed by atoms with Gasteiger partial charge in [0.1, 0.15) is 0 Å². The highest BCUT2D eigenvalue weighted by atomic mass is 16.5. The number of likely N-dealkylation sites (tertiary alicyclic amines) is 1. The maximum Gasteiger partial charge on any atom is 0.308 e. The minimum atomic E-state index is -0.856. The Morgan fingerprint density at radius 3 is 2.41 bits per heavy atom. The molecule has 6 nitrogen and oxygen atoms in total. The Hall–Kier alpha value is -2.24. The third-order valence-electron chi connectivity index (χ3n) is 3.78. The number of carboxylic acid groups (broad SMARTS) is 1. The molecule has 1 saturated heterocycles. The number of rotatable bonds is 6. The molecule has 120 valence electrons. The van der Waals surface area contributed by atoms with E-state index < -0.39 is 11.9 Å². The molecule has 1 fully saturated rings. The maximum absolute atomic E-state index is 12.2. The number of para-hydroxylation sites is 2. The van der Waals surface area contributed by atoms with E-state index in [2.05, 4.69) is 0 Å². The van der Waals surface area contributed by atoms with Gasteiger partial charge in [-0.1, -0.05) is 19.1 Å². The molecule has 2 rings (SSSR count). The second-order valence-electron chi connectivity index (χ2n) is 5.39. The van der Waals surface area contributed by atoms with Crippen LogP contribution >= 0.6 is 0 Å². The van der Waals surface area contributed by atoms with Crippen molar-refractivity contribution in [1.82, 2.24) is 4.90 Å². The lowest BCUT2D eigenvalue weighted by molar-refractivity contribution is -0.142. The van der Waals surface area contributed by atoms with E-state index in [4.69, 9.17) is 14.6 Å². The van der Waals surface area contributed by atoms with Gasteiger partial charge in [-0.15, -0.1) is 0 Å². The van der Waals surface area contributed by atoms with E-state index in [1.165, 1.54) is 0 Å². The molecule has 0 aromatic heterocycles. The molecule has 0 bridgehead atoms. The van der Waals surface area contributed by atoms with E-state index in [-0.39, 0.29) is 25.0 Å². The molecule has 1 aliphatic rings. The SMILES string of the molecule is CCOc1ccccc1OCC(=O)N1C[C@@H](C)[C@H](C(=O)O)C1. The maximum atomic E-state index is 12.2. The summed E-state index contributed by atoms with van der Waals surface area (Å²) in [4.78, 5) is 24.8. The molecular weight excluding hydrogens is 286 g/mol. The minimum Gasteiger partial charge on any atom is -0.490 e. The van der Waals surface area contributed by atoms with Gasteiger partial charge in [0.2, 0.25) is 0 Å². The highest BCUT2D eigenvalue weighted by Gasteiger charge is 2.36. The number of benzene rings is 1. The predicted molar refractivity (Wildman–Crippen MR) is 80.0 cm³/mol. The second kappa shape index (κ2) is 7.15. The topological polar surface area (TPSA) is 76.1 Å². The van der Waals surface area contributed by atoms with E-state index in [0.29, 0.717) is 24.7 Å². The van der Waals surface area contributed by atoms with Crippen molar-refractivity contribution in [3.05, 3.63) is 24.3 Å². The molecule has 1 N–H and O–H groups in total. The van der Waals surface area contributed by atoms with Crippen LogP contribution in [0.5, 0.6) is 11.5 Å². The Bertz CT molecular complexity index is 545. The summed E-state index contributed by atoms with van der Waals surface area (Å²) < 4.78 is 11.0. The molecule has 1 amide bonds. The zero-order valence-electron chi connectivity index (χ0n) is 12.8. The average molecular weight is 307 g/mol. The number of aliphatic carboxylic acids is 1. The first-order chi connectivity index (χ1) is 10.5. The lowest BCUT2D eigenvalue weighted by Gasteiger charge is -2.17. The normalized spacial score (nSPS) is 20.7. The molecule has 0 saturated carbocycles. The first kappa shape index (κ1) is 16.1. The predicted octanol–water partition coefficient (Wildman–Crippen LogP) is 1.64. The van der Waals surface area contributed by atoms with Gasteiger partial charge in [0.05, 0.1) is 12.5 Å². The van der Waals surface area contributed by atoms with Crippen molar-refractivity contribution in [3.8, 4) is 11.5 Å². The zero-order valence-corrected chi connectivity index (χ0v) is 12.8. The summed E-state index contributed by atoms with van der Waals surface area (Å²) >= 11 is 0. The van der Waals surface area contributed by atoms with Gasteiger partial charge in [0.25, 0.3) is 5.91 Å². The average Bonchev–Trinajstić information content (AvgIpc) is 2.88. The van der Waals surface area contributed by atoms with Crippen LogP contribution in [0, 0.1) is 11.8 Å². The largest absolute Gasteiger partial charge is 0.490 e. The van der Waals surface area contributed by atoms with Crippen LogP contribution in [0.3, 0.4) is 0 Å². The van der Waals surface area contributed by atoms with Crippen LogP contribution in [0.15, 0.2) is 24.3 Å². The van der Waals surface area contributed by atoms with Crippen LogP contribution in [0.1, 0.15) is 13.8 Å². The molecule has 0 spiro atoms. The first-order valence-electron chi connectivity index (χ1n) is 7.38. The van der Waals surface area contributed by atoms with Crippen LogP contribution in [0.25, 0.3) is 0 Å². The molecule has 0 aliphatic carbocycles. The third kappa shape index (κ3) is 3.69. The molecule has 1 aliphatic heterocycles. The molecule has 2 atom stereocenters. The Kier molecular flexibility index (Phi) is 5.25. The fraction of sp³-hybridized carbons (Fsp3) is 0.500. The molecule has 1 aromatic carbocycles. The highest BCUT2D eigenvalue weighted by Crippen LogP contribution is 2.27. The monoisotopic (exact) mass is 307 g/mol. The second-order valence-corrected chi connectivity index (χ2v) is 5.39. The number of hydrogen-bond acceptors (Lipinski definition) is 4. The summed E-state index contributed by atoms with van der Waals surface area (Å²) in [6, 6.07) is 7.16. The number of carboxylic acids is 1. The summed E-state index contributed by atoms with van der Waals surface area (Å²) in [7, 11) is 0. The number of carbonyl (C=O) groups is 2. The number of carbonyl (C=O) groups excluding carboxylic acids is 1. The van der Waals surface area contributed by atoms with Gasteiger partial charge in [-0.3, -0.25) is 9.59 Å². The van der Waals surface area contributed by atoms with Crippen molar-refractivity contribution >= 4 is 11.9 Å². The lowest BCUT2D eigenvalue weighted by atomic mass is 9.99. The quantitative estimate of drug-likeness (QED) is 0.864. The summed E-state index contributed by atoms with van der Waals surface area (Å²) in [5.74, 6) is -0.500. The van der Waals surface area contributed by atoms with E-state index in [1.54, 1.807) is 23.1 Å². The van der Waals surface area contributed by atoms with Crippen molar-refractivity contribution in [3.63, 3.8) is 0 Å². The van der Waals surface area contributed by atoms with Crippen LogP contribution in [-0.4, -0.2) is 48.2 Å². The van der Waals surface area contributed by atoms with Gasteiger partial charge in [0.15, 0.2) is 18.1 Å². The summed E-state index contributed by atoms with van der Waals surface area (Å²) in [5, 5.41) is 9.10. The highest BCUT2D eigenvalue weighted by molar-refractivity contribution is 5.80. The molecule has 1 aromatic rings. The standard InChI is InChI=1S/C16H21NO5/c1-3-21-13-6-4-5-7-14(13)22-10-15(18)17-8-11(2)12(9-17)16(19)20/h4-7,11-12H,3,8-10H2,1-2H3,(H,19,20)/t11-,12-/m1/s1. The van der Waals surface area contributed by atoms with E-state index in [9.17, 15) is 9.59 Å². The van der Waals surface area contributed by atoms with Gasteiger partial charge in [0, 0.05) is 13.1 Å². The zero-order chi connectivity index (χ0) is 16.1. The number of ether oxygens (including phenoxy) is 2. The Labute approximate surface area is 129 Å². The Balaban J connectivity index is 1.92. The van der Waals surface area contributed by atoms with E-state index >= 15 is 0 Å². The molecule has 0 unspecified atom stereocenters. The van der Waals surface area contributed by atoms with Gasteiger partial charge in [-0.05, 0) is 25.0 Å². The minimum absolute atomic E-state index is 0.0443. The summed E-state index contributed by atoms with van der Waals surface area (Å²) in [5.41, 5.74) is 0. The number of amides is 1. The van der Waals surface area contributed by atoms with Crippen LogP contribution in [0.4, 0.5) is 0 Å². The van der Waals surface area contributed by atoms with Crippen molar-refractivity contribution in [1.29, 1.82) is 0 Å². The van der Waals surface area contributed by atoms with Crippen molar-refractivity contribution < 1.29 is 24.2 Å². The van der Waals surface area contributed by atoms with Crippen LogP contribution in [-0.2, 0) is 9.59 Å². The fourth-order valence-corrected chi connectivity index (χ4v) is 2.57. The van der Waals surface area contributed by atoms with Gasteiger partial charge in [-0.25, -0.2) is 0 Å². The van der Waals surface area contributed by atoms with Crippen molar-refractivity contribution in [2.24, 2.45) is 11.8 Å². The van der Waals surface area contributed by atoms with Crippen LogP contribution < -0.4 is 9.47 Å². The molecular formula is C16H21NO5. The fourth-order valence-electron chi connectivity index (χ4n) is 2.57. The van der Waals surface area contributed by atoms with Crippen LogP contribution in [0.2, 0.25) is 0 Å². The Morgan fingerprint density at radius 2 is 1.86 bits per heavy atom. The Morgan fingerprint density at radius 1 is 1.23 bits per heavy atom. The summed E-state index contributed by atoms with van der Waals surface area (Å²) in [6.07, 6.45) is 0. The molecule has 22 heavy (non-hydrogen) atoms. The van der Waals surface area contributed by atoms with Crippen molar-refractivity contribution in [2.45, 2.75) is 13.8 Å². The number of hydrogen-bond donors (Lipinski definition) is 1. The smallest absolute Gasteiger partial charge is 0.308 e. The number of nitrogens with zero attached hydrogens (tertiary/aromatic N) is 1. The van der Waals surface area contributed by atoms with E-state index in [0.717, 1.165) is 0 Å². The molecule has 1 heterocycles. The van der Waals surface area contributed by atoms with Gasteiger partial charge < -0.3 is 19.5 Å². The van der Waals surface area contributed by atoms with Gasteiger partial charge >= 0.3 is 5.97 Å². The third-order valence-corrected chi connectivity index (χ3v) is 3.78. The van der Waals surface area contributed by atoms with Crippen molar-refractivity contribution in [2.75, 3.05) is 26.3 Å². The first-order valence-corrected chi connectivity index (χ1v) is 7.38.